The van der Waals surface area contributed by atoms with Crippen LogP contribution in [0.5, 0.6) is 17.2 Å². The van der Waals surface area contributed by atoms with Gasteiger partial charge in [0.25, 0.3) is 0 Å². The van der Waals surface area contributed by atoms with Crippen molar-refractivity contribution in [3.8, 4) is 17.2 Å². The number of nitrogens with two attached hydrogens (primary N) is 2. The average molecular weight is 494 g/mol. The van der Waals surface area contributed by atoms with Crippen LogP contribution >= 0.6 is 0 Å². The SMILES string of the molecule is Nc1ccc(Oc2ccc3c(c2)C2CCC3C2Oc2ccc(N)cc2C(F)(F)F)c(C(F)(F)F)c1. The van der Waals surface area contributed by atoms with E-state index in [1.54, 1.807) is 18.2 Å². The molecule has 0 heterocycles. The number of hydrogen-bond acceptors (Lipinski definition) is 4. The van der Waals surface area contributed by atoms with Gasteiger partial charge in [-0.2, -0.15) is 26.3 Å². The number of nitrogen functional groups attached to an aromatic ring is 2. The Balaban J connectivity index is 1.43. The largest absolute Gasteiger partial charge is 0.489 e. The van der Waals surface area contributed by atoms with Crippen LogP contribution in [0.15, 0.2) is 54.6 Å². The number of anilines is 2. The molecule has 184 valence electrons. The van der Waals surface area contributed by atoms with Gasteiger partial charge in [-0.05, 0) is 72.5 Å². The lowest BCUT2D eigenvalue weighted by molar-refractivity contribution is -0.139. The van der Waals surface area contributed by atoms with E-state index in [0.717, 1.165) is 35.7 Å². The highest BCUT2D eigenvalue weighted by Gasteiger charge is 2.48. The topological polar surface area (TPSA) is 70.5 Å². The molecule has 3 aromatic rings. The summed E-state index contributed by atoms with van der Waals surface area (Å²) in [4.78, 5) is 0. The first kappa shape index (κ1) is 23.2. The van der Waals surface area contributed by atoms with E-state index in [9.17, 15) is 26.3 Å². The summed E-state index contributed by atoms with van der Waals surface area (Å²) in [6, 6.07) is 11.6. The number of fused-ring (bicyclic) bond motifs is 5. The van der Waals surface area contributed by atoms with Crippen molar-refractivity contribution in [1.82, 2.24) is 0 Å². The van der Waals surface area contributed by atoms with Crippen LogP contribution < -0.4 is 20.9 Å². The summed E-state index contributed by atoms with van der Waals surface area (Å²) in [6.45, 7) is 0. The highest BCUT2D eigenvalue weighted by atomic mass is 19.4. The van der Waals surface area contributed by atoms with Gasteiger partial charge in [0.1, 0.15) is 28.9 Å². The van der Waals surface area contributed by atoms with E-state index in [4.69, 9.17) is 20.9 Å². The molecule has 3 unspecified atom stereocenters. The zero-order valence-electron chi connectivity index (χ0n) is 18.1. The molecule has 3 aromatic carbocycles. The minimum atomic E-state index is -4.66. The van der Waals surface area contributed by atoms with Gasteiger partial charge >= 0.3 is 12.4 Å². The third-order valence-corrected chi connectivity index (χ3v) is 6.55. The number of halogens is 6. The first-order valence-electron chi connectivity index (χ1n) is 10.8. The van der Waals surface area contributed by atoms with Gasteiger partial charge in [0.05, 0.1) is 5.56 Å². The summed E-state index contributed by atoms with van der Waals surface area (Å²) in [7, 11) is 0. The molecule has 2 bridgehead atoms. The molecular weight excluding hydrogens is 474 g/mol. The standard InChI is InChI=1S/C25H20F6N2O2/c26-24(27,28)19-9-12(32)1-7-21(19)34-14-3-4-15-16-5-6-17(18(15)11-14)23(16)35-22-8-2-13(33)10-20(22)25(29,30)31/h1-4,7-11,16-17,23H,5-6,32-33H2. The molecule has 0 aromatic heterocycles. The van der Waals surface area contributed by atoms with E-state index in [0.29, 0.717) is 6.42 Å². The maximum atomic E-state index is 13.5. The number of hydrogen-bond donors (Lipinski definition) is 2. The van der Waals surface area contributed by atoms with E-state index in [1.807, 2.05) is 0 Å². The van der Waals surface area contributed by atoms with E-state index < -0.39 is 29.6 Å². The lowest BCUT2D eigenvalue weighted by Crippen LogP contribution is -2.21. The van der Waals surface area contributed by atoms with Gasteiger partial charge in [0, 0.05) is 23.2 Å². The summed E-state index contributed by atoms with van der Waals surface area (Å²) in [5, 5.41) is 0. The second-order valence-electron chi connectivity index (χ2n) is 8.77. The number of benzene rings is 3. The highest BCUT2D eigenvalue weighted by molar-refractivity contribution is 5.54. The van der Waals surface area contributed by atoms with Crippen LogP contribution in [0.25, 0.3) is 0 Å². The minimum absolute atomic E-state index is 0.0231. The third kappa shape index (κ3) is 4.21. The van der Waals surface area contributed by atoms with Crippen molar-refractivity contribution in [1.29, 1.82) is 0 Å². The average Bonchev–Trinajstić information content (AvgIpc) is 3.30. The molecule has 0 saturated heterocycles. The van der Waals surface area contributed by atoms with Crippen LogP contribution in [-0.2, 0) is 12.4 Å². The molecule has 0 spiro atoms. The molecule has 5 rings (SSSR count). The zero-order chi connectivity index (χ0) is 25.1. The van der Waals surface area contributed by atoms with Crippen LogP contribution in [-0.4, -0.2) is 6.10 Å². The molecule has 0 amide bonds. The minimum Gasteiger partial charge on any atom is -0.489 e. The normalized spacial score (nSPS) is 21.1. The number of alkyl halides is 6. The van der Waals surface area contributed by atoms with Crippen LogP contribution in [0.4, 0.5) is 37.7 Å². The van der Waals surface area contributed by atoms with Gasteiger partial charge in [-0.3, -0.25) is 0 Å². The Kier molecular flexibility index (Phi) is 5.30. The van der Waals surface area contributed by atoms with Crippen LogP contribution in [0.3, 0.4) is 0 Å². The Morgan fingerprint density at radius 3 is 1.80 bits per heavy atom. The van der Waals surface area contributed by atoms with Crippen molar-refractivity contribution >= 4 is 11.4 Å². The molecule has 4 nitrogen and oxygen atoms in total. The quantitative estimate of drug-likeness (QED) is 0.300. The van der Waals surface area contributed by atoms with E-state index in [-0.39, 0.29) is 40.5 Å². The second kappa shape index (κ2) is 8.00. The number of rotatable bonds is 4. The fraction of sp³-hybridized carbons (Fsp3) is 0.280. The van der Waals surface area contributed by atoms with Gasteiger partial charge in [-0.1, -0.05) is 6.07 Å². The van der Waals surface area contributed by atoms with Crippen LogP contribution in [0.1, 0.15) is 46.9 Å². The predicted octanol–water partition coefficient (Wildman–Crippen LogP) is 7.10. The van der Waals surface area contributed by atoms with Gasteiger partial charge < -0.3 is 20.9 Å². The fourth-order valence-electron chi connectivity index (χ4n) is 5.08. The first-order valence-corrected chi connectivity index (χ1v) is 10.8. The summed E-state index contributed by atoms with van der Waals surface area (Å²) < 4.78 is 92.4. The Morgan fingerprint density at radius 2 is 1.20 bits per heavy atom. The van der Waals surface area contributed by atoms with Crippen molar-refractivity contribution in [2.45, 2.75) is 43.1 Å². The Morgan fingerprint density at radius 1 is 0.657 bits per heavy atom. The van der Waals surface area contributed by atoms with E-state index in [1.165, 1.54) is 18.2 Å². The molecule has 35 heavy (non-hydrogen) atoms. The molecule has 3 atom stereocenters. The summed E-state index contributed by atoms with van der Waals surface area (Å²) in [5.41, 5.74) is 10.7. The van der Waals surface area contributed by atoms with E-state index in [2.05, 4.69) is 0 Å². The second-order valence-corrected chi connectivity index (χ2v) is 8.77. The molecular formula is C25H20F6N2O2. The molecule has 10 heteroatoms. The molecule has 4 N–H and O–H groups in total. The smallest absolute Gasteiger partial charge is 0.420 e. The van der Waals surface area contributed by atoms with Crippen LogP contribution in [0.2, 0.25) is 0 Å². The Hall–Kier alpha value is -3.56. The molecule has 2 aliphatic rings. The molecule has 0 radical (unpaired) electrons. The predicted molar refractivity (Wildman–Crippen MR) is 117 cm³/mol. The lowest BCUT2D eigenvalue weighted by Gasteiger charge is -2.22. The zero-order valence-corrected chi connectivity index (χ0v) is 18.1. The Labute approximate surface area is 196 Å². The molecule has 0 aliphatic heterocycles. The van der Waals surface area contributed by atoms with Crippen molar-refractivity contribution in [2.24, 2.45) is 0 Å². The summed E-state index contributed by atoms with van der Waals surface area (Å²) in [5.74, 6) is -0.849. The van der Waals surface area contributed by atoms with Gasteiger partial charge in [-0.15, -0.1) is 0 Å². The van der Waals surface area contributed by atoms with Crippen LogP contribution in [0, 0.1) is 0 Å². The van der Waals surface area contributed by atoms with Gasteiger partial charge in [0.15, 0.2) is 0 Å². The van der Waals surface area contributed by atoms with Crippen molar-refractivity contribution in [2.75, 3.05) is 11.5 Å². The third-order valence-electron chi connectivity index (χ3n) is 6.55. The number of ether oxygens (including phenoxy) is 2. The summed E-state index contributed by atoms with van der Waals surface area (Å²) >= 11 is 0. The molecule has 1 fully saturated rings. The fourth-order valence-corrected chi connectivity index (χ4v) is 5.08. The lowest BCUT2D eigenvalue weighted by atomic mass is 9.92. The maximum Gasteiger partial charge on any atom is 0.420 e. The van der Waals surface area contributed by atoms with Gasteiger partial charge in [-0.25, -0.2) is 0 Å². The van der Waals surface area contributed by atoms with Crippen molar-refractivity contribution in [3.63, 3.8) is 0 Å². The monoisotopic (exact) mass is 494 g/mol. The Bertz CT molecular complexity index is 1290. The highest BCUT2D eigenvalue weighted by Crippen LogP contribution is 2.56. The van der Waals surface area contributed by atoms with Gasteiger partial charge in [0.2, 0.25) is 0 Å². The molecule has 2 aliphatic carbocycles. The maximum absolute atomic E-state index is 13.5. The van der Waals surface area contributed by atoms with E-state index >= 15 is 0 Å². The van der Waals surface area contributed by atoms with Crippen molar-refractivity contribution in [3.05, 3.63) is 76.9 Å². The first-order chi connectivity index (χ1) is 16.4. The van der Waals surface area contributed by atoms with Crippen molar-refractivity contribution < 1.29 is 35.8 Å². The summed E-state index contributed by atoms with van der Waals surface area (Å²) in [6.07, 6.45) is -8.42. The molecule has 1 saturated carbocycles.